The lowest BCUT2D eigenvalue weighted by molar-refractivity contribution is 0.101. The number of anilines is 1. The third kappa shape index (κ3) is 3.07. The Balaban J connectivity index is 2.38. The van der Waals surface area contributed by atoms with Crippen LogP contribution in [0.25, 0.3) is 0 Å². The van der Waals surface area contributed by atoms with E-state index in [1.54, 1.807) is 19.1 Å². The van der Waals surface area contributed by atoms with Crippen molar-refractivity contribution >= 4 is 29.0 Å². The van der Waals surface area contributed by atoms with Crippen LogP contribution in [-0.2, 0) is 6.42 Å². The van der Waals surface area contributed by atoms with Crippen molar-refractivity contribution in [3.63, 3.8) is 0 Å². The number of rotatable bonds is 4. The fourth-order valence-electron chi connectivity index (χ4n) is 2.61. The Kier molecular flexibility index (Phi) is 4.71. The quantitative estimate of drug-likeness (QED) is 0.825. The summed E-state index contributed by atoms with van der Waals surface area (Å²) in [6, 6.07) is 5.44. The van der Waals surface area contributed by atoms with Crippen LogP contribution in [0.3, 0.4) is 0 Å². The normalized spacial score (nSPS) is 10.6. The van der Waals surface area contributed by atoms with Crippen molar-refractivity contribution < 1.29 is 9.59 Å². The van der Waals surface area contributed by atoms with E-state index in [-0.39, 0.29) is 11.7 Å². The molecule has 1 amide bonds. The van der Waals surface area contributed by atoms with E-state index in [9.17, 15) is 9.59 Å². The Bertz CT molecular complexity index is 747. The number of amides is 1. The number of hydrogen-bond acceptors (Lipinski definition) is 2. The first-order valence-electron chi connectivity index (χ1n) is 7.15. The van der Waals surface area contributed by atoms with Gasteiger partial charge in [-0.25, -0.2) is 0 Å². The average molecular weight is 319 g/mol. The van der Waals surface area contributed by atoms with E-state index in [1.807, 2.05) is 19.9 Å². The Morgan fingerprint density at radius 3 is 2.50 bits per heavy atom. The smallest absolute Gasteiger partial charge is 0.272 e. The minimum absolute atomic E-state index is 0.0435. The summed E-state index contributed by atoms with van der Waals surface area (Å²) in [6.45, 7) is 7.16. The maximum absolute atomic E-state index is 12.5. The summed E-state index contributed by atoms with van der Waals surface area (Å²) >= 11 is 6.14. The predicted molar refractivity (Wildman–Crippen MR) is 89.1 cm³/mol. The fraction of sp³-hybridized carbons (Fsp3) is 0.294. The van der Waals surface area contributed by atoms with Gasteiger partial charge >= 0.3 is 0 Å². The lowest BCUT2D eigenvalue weighted by Gasteiger charge is -2.08. The highest BCUT2D eigenvalue weighted by Crippen LogP contribution is 2.25. The van der Waals surface area contributed by atoms with Crippen LogP contribution in [-0.4, -0.2) is 16.7 Å². The van der Waals surface area contributed by atoms with Crippen LogP contribution < -0.4 is 5.32 Å². The van der Waals surface area contributed by atoms with Crippen LogP contribution in [0.1, 0.15) is 51.5 Å². The molecule has 0 radical (unpaired) electrons. The summed E-state index contributed by atoms with van der Waals surface area (Å²) < 4.78 is 0. The molecule has 4 nitrogen and oxygen atoms in total. The number of aromatic amines is 1. The van der Waals surface area contributed by atoms with Gasteiger partial charge in [0, 0.05) is 11.3 Å². The monoisotopic (exact) mass is 318 g/mol. The van der Waals surface area contributed by atoms with Crippen LogP contribution in [0.2, 0.25) is 5.02 Å². The summed E-state index contributed by atoms with van der Waals surface area (Å²) in [7, 11) is 0. The van der Waals surface area contributed by atoms with E-state index in [1.165, 1.54) is 6.92 Å². The molecule has 116 valence electrons. The number of nitrogens with one attached hydrogen (secondary N) is 2. The predicted octanol–water partition coefficient (Wildman–Crippen LogP) is 4.30. The number of aromatic nitrogens is 1. The molecule has 0 fully saturated rings. The molecule has 1 aromatic carbocycles. The molecule has 0 bridgehead atoms. The zero-order chi connectivity index (χ0) is 16.4. The molecule has 0 aliphatic heterocycles. The van der Waals surface area contributed by atoms with Gasteiger partial charge < -0.3 is 10.3 Å². The number of hydrogen-bond donors (Lipinski definition) is 2. The molecule has 1 heterocycles. The Labute approximate surface area is 134 Å². The van der Waals surface area contributed by atoms with Crippen LogP contribution in [0, 0.1) is 13.8 Å². The number of carbonyl (C=O) groups is 2. The Morgan fingerprint density at radius 2 is 1.95 bits per heavy atom. The fourth-order valence-corrected chi connectivity index (χ4v) is 2.89. The lowest BCUT2D eigenvalue weighted by atomic mass is 10.0. The molecule has 1 aromatic heterocycles. The standard InChI is InChI=1S/C17H19ClN2O2/c1-5-12-15(11(4)21)10(3)19-16(12)17(22)20-14-7-6-9(2)8-13(14)18/h6-8,19H,5H2,1-4H3,(H,20,22). The second-order valence-corrected chi connectivity index (χ2v) is 5.73. The van der Waals surface area contributed by atoms with E-state index in [2.05, 4.69) is 10.3 Å². The van der Waals surface area contributed by atoms with Crippen molar-refractivity contribution in [1.82, 2.24) is 4.98 Å². The third-order valence-corrected chi connectivity index (χ3v) is 3.91. The van der Waals surface area contributed by atoms with Crippen molar-refractivity contribution in [3.8, 4) is 0 Å². The van der Waals surface area contributed by atoms with Crippen molar-refractivity contribution in [2.75, 3.05) is 5.32 Å². The molecule has 2 rings (SSSR count). The van der Waals surface area contributed by atoms with Gasteiger partial charge in [-0.1, -0.05) is 24.6 Å². The molecule has 0 saturated heterocycles. The molecular formula is C17H19ClN2O2. The zero-order valence-electron chi connectivity index (χ0n) is 13.1. The number of carbonyl (C=O) groups excluding carboxylic acids is 2. The van der Waals surface area contributed by atoms with E-state index in [0.29, 0.717) is 34.1 Å². The first kappa shape index (κ1) is 16.3. The lowest BCUT2D eigenvalue weighted by Crippen LogP contribution is -2.15. The minimum Gasteiger partial charge on any atom is -0.354 e. The summed E-state index contributed by atoms with van der Waals surface area (Å²) in [4.78, 5) is 27.3. The van der Waals surface area contributed by atoms with E-state index < -0.39 is 0 Å². The maximum atomic E-state index is 12.5. The highest BCUT2D eigenvalue weighted by atomic mass is 35.5. The van der Waals surface area contributed by atoms with Crippen molar-refractivity contribution in [2.45, 2.75) is 34.1 Å². The average Bonchev–Trinajstić information content (AvgIpc) is 2.78. The molecule has 2 N–H and O–H groups in total. The van der Waals surface area contributed by atoms with E-state index >= 15 is 0 Å². The molecule has 0 aliphatic carbocycles. The first-order chi connectivity index (χ1) is 10.3. The van der Waals surface area contributed by atoms with Gasteiger partial charge in [-0.3, -0.25) is 9.59 Å². The first-order valence-corrected chi connectivity index (χ1v) is 7.52. The number of benzene rings is 1. The van der Waals surface area contributed by atoms with Crippen LogP contribution in [0.4, 0.5) is 5.69 Å². The molecule has 22 heavy (non-hydrogen) atoms. The van der Waals surface area contributed by atoms with Crippen molar-refractivity contribution in [2.24, 2.45) is 0 Å². The minimum atomic E-state index is -0.293. The second-order valence-electron chi connectivity index (χ2n) is 5.33. The van der Waals surface area contributed by atoms with Crippen molar-refractivity contribution in [3.05, 3.63) is 51.3 Å². The molecule has 0 atom stereocenters. The largest absolute Gasteiger partial charge is 0.354 e. The summed E-state index contributed by atoms with van der Waals surface area (Å²) in [5.41, 5.74) is 4.04. The van der Waals surface area contributed by atoms with Crippen LogP contribution >= 0.6 is 11.6 Å². The van der Waals surface area contributed by atoms with Crippen LogP contribution in [0.15, 0.2) is 18.2 Å². The number of halogens is 1. The molecular weight excluding hydrogens is 300 g/mol. The summed E-state index contributed by atoms with van der Waals surface area (Å²) in [6.07, 6.45) is 0.601. The van der Waals surface area contributed by atoms with Gasteiger partial charge in [0.25, 0.3) is 5.91 Å². The summed E-state index contributed by atoms with van der Waals surface area (Å²) in [5.74, 6) is -0.337. The number of aryl methyl sites for hydroxylation is 2. The molecule has 0 aliphatic rings. The van der Waals surface area contributed by atoms with Gasteiger partial charge in [0.2, 0.25) is 0 Å². The zero-order valence-corrected chi connectivity index (χ0v) is 13.9. The Hall–Kier alpha value is -2.07. The van der Waals surface area contributed by atoms with Gasteiger partial charge in [0.05, 0.1) is 10.7 Å². The molecule has 0 saturated carbocycles. The number of H-pyrrole nitrogens is 1. The maximum Gasteiger partial charge on any atom is 0.272 e. The summed E-state index contributed by atoms with van der Waals surface area (Å²) in [5, 5.41) is 3.28. The van der Waals surface area contributed by atoms with Crippen molar-refractivity contribution in [1.29, 1.82) is 0 Å². The highest BCUT2D eigenvalue weighted by Gasteiger charge is 2.22. The number of Topliss-reactive ketones (excluding diaryl/α,β-unsaturated/α-hetero) is 1. The Morgan fingerprint density at radius 1 is 1.27 bits per heavy atom. The molecule has 0 spiro atoms. The van der Waals surface area contributed by atoms with E-state index in [0.717, 1.165) is 11.1 Å². The molecule has 0 unspecified atom stereocenters. The second kappa shape index (κ2) is 6.36. The van der Waals surface area contributed by atoms with E-state index in [4.69, 9.17) is 11.6 Å². The van der Waals surface area contributed by atoms with Gasteiger partial charge in [-0.2, -0.15) is 0 Å². The van der Waals surface area contributed by atoms with Gasteiger partial charge in [-0.15, -0.1) is 0 Å². The topological polar surface area (TPSA) is 62.0 Å². The highest BCUT2D eigenvalue weighted by molar-refractivity contribution is 6.34. The van der Waals surface area contributed by atoms with Gasteiger partial charge in [0.1, 0.15) is 5.69 Å². The van der Waals surface area contributed by atoms with Crippen LogP contribution in [0.5, 0.6) is 0 Å². The molecule has 2 aromatic rings. The number of ketones is 1. The van der Waals surface area contributed by atoms with Gasteiger partial charge in [-0.05, 0) is 50.5 Å². The molecule has 5 heteroatoms. The third-order valence-electron chi connectivity index (χ3n) is 3.60. The van der Waals surface area contributed by atoms with Gasteiger partial charge in [0.15, 0.2) is 5.78 Å². The SMILES string of the molecule is CCc1c(C(=O)Nc2ccc(C)cc2Cl)[nH]c(C)c1C(C)=O.